The maximum atomic E-state index is 12.8. The molecule has 0 radical (unpaired) electrons. The van der Waals surface area contributed by atoms with Gasteiger partial charge in [0, 0.05) is 12.2 Å². The summed E-state index contributed by atoms with van der Waals surface area (Å²) < 4.78 is 26.8. The van der Waals surface area contributed by atoms with Gasteiger partial charge in [0.2, 0.25) is 0 Å². The fourth-order valence-electron chi connectivity index (χ4n) is 4.80. The highest BCUT2D eigenvalue weighted by atomic mass is 32.2. The first-order valence-corrected chi connectivity index (χ1v) is 13.5. The van der Waals surface area contributed by atoms with Gasteiger partial charge in [-0.25, -0.2) is 18.4 Å². The molecule has 172 valence electrons. The van der Waals surface area contributed by atoms with Gasteiger partial charge in [0.1, 0.15) is 5.82 Å². The van der Waals surface area contributed by atoms with Gasteiger partial charge in [0.15, 0.2) is 21.0 Å². The maximum absolute atomic E-state index is 12.8. The van der Waals surface area contributed by atoms with Crippen LogP contribution < -0.4 is 5.56 Å². The summed E-state index contributed by atoms with van der Waals surface area (Å²) in [7, 11) is -3.29. The van der Waals surface area contributed by atoms with Gasteiger partial charge in [-0.05, 0) is 44.6 Å². The topological polar surface area (TPSA) is 97.7 Å². The van der Waals surface area contributed by atoms with E-state index in [9.17, 15) is 13.2 Å². The van der Waals surface area contributed by atoms with E-state index in [0.717, 1.165) is 38.5 Å². The molecule has 0 saturated heterocycles. The molecule has 1 aromatic carbocycles. The number of hydrogen-bond donors (Lipinski definition) is 1. The average molecular weight is 457 g/mol. The number of fused-ring (bicyclic) bond motifs is 1. The van der Waals surface area contributed by atoms with Crippen molar-refractivity contribution < 1.29 is 8.42 Å². The number of nitrogens with zero attached hydrogens (tertiary/aromatic N) is 3. The second-order valence-corrected chi connectivity index (χ2v) is 11.5. The monoisotopic (exact) mass is 456 g/mol. The first-order chi connectivity index (χ1) is 15.3. The molecule has 1 N–H and O–H groups in total. The highest BCUT2D eigenvalue weighted by Crippen LogP contribution is 2.32. The number of hydrogen-bond acceptors (Lipinski definition) is 5. The number of benzene rings is 1. The minimum atomic E-state index is -3.29. The Balaban J connectivity index is 1.68. The van der Waals surface area contributed by atoms with Crippen LogP contribution in [0.2, 0.25) is 0 Å². The first kappa shape index (κ1) is 22.7. The van der Waals surface area contributed by atoms with E-state index in [1.807, 2.05) is 22.8 Å². The molecule has 1 aliphatic rings. The van der Waals surface area contributed by atoms with Crippen molar-refractivity contribution in [2.75, 3.05) is 6.26 Å². The Kier molecular flexibility index (Phi) is 6.79. The van der Waals surface area contributed by atoms with Crippen molar-refractivity contribution in [3.05, 3.63) is 58.4 Å². The number of nitrogens with one attached hydrogen (secondary N) is 1. The molecular weight excluding hydrogens is 424 g/mol. The number of sulfone groups is 1. The van der Waals surface area contributed by atoms with Crippen molar-refractivity contribution in [1.29, 1.82) is 0 Å². The van der Waals surface area contributed by atoms with Gasteiger partial charge in [-0.1, -0.05) is 49.6 Å². The third-order valence-corrected chi connectivity index (χ3v) is 8.49. The predicted octanol–water partition coefficient (Wildman–Crippen LogP) is 4.16. The van der Waals surface area contributed by atoms with Gasteiger partial charge in [0.05, 0.1) is 17.6 Å². The average Bonchev–Trinajstić information content (AvgIpc) is 3.21. The lowest BCUT2D eigenvalue weighted by Crippen LogP contribution is -2.29. The summed E-state index contributed by atoms with van der Waals surface area (Å²) in [6, 6.07) is 9.84. The molecule has 1 saturated carbocycles. The number of aryl methyl sites for hydroxylation is 1. The fraction of sp³-hybridized carbons (Fsp3) is 0.542. The van der Waals surface area contributed by atoms with E-state index in [4.69, 9.17) is 4.98 Å². The first-order valence-electron chi connectivity index (χ1n) is 11.5. The Morgan fingerprint density at radius 3 is 2.56 bits per heavy atom. The molecule has 1 aliphatic carbocycles. The minimum absolute atomic E-state index is 0.244. The largest absolute Gasteiger partial charge is 0.311 e. The van der Waals surface area contributed by atoms with Crippen molar-refractivity contribution in [3.63, 3.8) is 0 Å². The van der Waals surface area contributed by atoms with Gasteiger partial charge >= 0.3 is 0 Å². The van der Waals surface area contributed by atoms with Crippen LogP contribution >= 0.6 is 0 Å². The summed E-state index contributed by atoms with van der Waals surface area (Å²) in [4.78, 5) is 24.8. The van der Waals surface area contributed by atoms with Crippen molar-refractivity contribution >= 4 is 21.0 Å². The Bertz CT molecular complexity index is 1210. The van der Waals surface area contributed by atoms with Crippen LogP contribution in [0.1, 0.15) is 75.2 Å². The van der Waals surface area contributed by atoms with Gasteiger partial charge in [-0.15, -0.1) is 0 Å². The molecule has 2 heterocycles. The highest BCUT2D eigenvalue weighted by molar-refractivity contribution is 7.91. The molecule has 0 bridgehead atoms. The summed E-state index contributed by atoms with van der Waals surface area (Å²) in [6.45, 7) is 1.74. The second-order valence-electron chi connectivity index (χ2n) is 9.09. The van der Waals surface area contributed by atoms with E-state index in [1.54, 1.807) is 13.3 Å². The number of aromatic nitrogens is 4. The Hall–Kier alpha value is -2.48. The third kappa shape index (κ3) is 4.95. The Morgan fingerprint density at radius 2 is 1.88 bits per heavy atom. The Morgan fingerprint density at radius 1 is 1.16 bits per heavy atom. The zero-order chi connectivity index (χ0) is 22.7. The summed E-state index contributed by atoms with van der Waals surface area (Å²) >= 11 is 0. The zero-order valence-corrected chi connectivity index (χ0v) is 19.6. The van der Waals surface area contributed by atoms with E-state index in [-0.39, 0.29) is 23.0 Å². The van der Waals surface area contributed by atoms with E-state index >= 15 is 0 Å². The molecule has 0 amide bonds. The SMILES string of the molecule is CC(C(CCCc1ccccc1)n1cnc2c(=O)[nH]c(C3CCCCC3)nc21)S(C)(=O)=O. The van der Waals surface area contributed by atoms with Crippen molar-refractivity contribution in [1.82, 2.24) is 19.5 Å². The Labute approximate surface area is 189 Å². The van der Waals surface area contributed by atoms with Gasteiger partial charge in [-0.2, -0.15) is 0 Å². The molecule has 0 aliphatic heterocycles. The molecule has 2 aromatic heterocycles. The van der Waals surface area contributed by atoms with Crippen LogP contribution in [0.5, 0.6) is 0 Å². The molecule has 1 fully saturated rings. The lowest BCUT2D eigenvalue weighted by atomic mass is 9.89. The van der Waals surface area contributed by atoms with E-state index in [2.05, 4.69) is 22.1 Å². The number of imidazole rings is 1. The van der Waals surface area contributed by atoms with Crippen molar-refractivity contribution in [3.8, 4) is 0 Å². The van der Waals surface area contributed by atoms with Gasteiger partial charge in [-0.3, -0.25) is 4.79 Å². The normalized spacial score (nSPS) is 17.4. The lowest BCUT2D eigenvalue weighted by Gasteiger charge is -2.25. The molecule has 32 heavy (non-hydrogen) atoms. The summed E-state index contributed by atoms with van der Waals surface area (Å²) in [5.41, 5.74) is 1.75. The van der Waals surface area contributed by atoms with Gasteiger partial charge < -0.3 is 9.55 Å². The molecule has 3 aromatic rings. The van der Waals surface area contributed by atoms with Crippen molar-refractivity contribution in [2.45, 2.75) is 75.5 Å². The van der Waals surface area contributed by atoms with E-state index in [1.165, 1.54) is 18.2 Å². The number of H-pyrrole nitrogens is 1. The van der Waals surface area contributed by atoms with E-state index < -0.39 is 15.1 Å². The highest BCUT2D eigenvalue weighted by Gasteiger charge is 2.30. The van der Waals surface area contributed by atoms with Crippen LogP contribution in [0.15, 0.2) is 41.5 Å². The van der Waals surface area contributed by atoms with Gasteiger partial charge in [0.25, 0.3) is 5.56 Å². The van der Waals surface area contributed by atoms with Crippen LogP contribution in [0.3, 0.4) is 0 Å². The van der Waals surface area contributed by atoms with Crippen molar-refractivity contribution in [2.24, 2.45) is 0 Å². The van der Waals surface area contributed by atoms with Crippen LogP contribution in [-0.4, -0.2) is 39.4 Å². The minimum Gasteiger partial charge on any atom is -0.311 e. The quantitative estimate of drug-likeness (QED) is 0.549. The van der Waals surface area contributed by atoms with Crippen LogP contribution in [-0.2, 0) is 16.3 Å². The van der Waals surface area contributed by atoms with E-state index in [0.29, 0.717) is 17.9 Å². The maximum Gasteiger partial charge on any atom is 0.279 e. The summed E-state index contributed by atoms with van der Waals surface area (Å²) in [6.07, 6.45) is 10.7. The van der Waals surface area contributed by atoms with Crippen LogP contribution in [0.4, 0.5) is 0 Å². The molecule has 2 atom stereocenters. The zero-order valence-electron chi connectivity index (χ0n) is 18.8. The number of rotatable bonds is 8. The summed E-state index contributed by atoms with van der Waals surface area (Å²) in [5.74, 6) is 0.951. The molecule has 8 heteroatoms. The lowest BCUT2D eigenvalue weighted by molar-refractivity contribution is 0.424. The molecule has 0 spiro atoms. The summed E-state index contributed by atoms with van der Waals surface area (Å²) in [5, 5.41) is -0.616. The van der Waals surface area contributed by atoms with Crippen LogP contribution in [0, 0.1) is 0 Å². The molecule has 4 rings (SSSR count). The second kappa shape index (κ2) is 9.57. The van der Waals surface area contributed by atoms with Crippen LogP contribution in [0.25, 0.3) is 11.2 Å². The molecule has 7 nitrogen and oxygen atoms in total. The fourth-order valence-corrected chi connectivity index (χ4v) is 5.64. The number of aromatic amines is 1. The molecular formula is C24H32N4O3S. The molecule has 2 unspecified atom stereocenters. The predicted molar refractivity (Wildman–Crippen MR) is 127 cm³/mol. The third-order valence-electron chi connectivity index (χ3n) is 6.83. The smallest absolute Gasteiger partial charge is 0.279 e. The standard InChI is InChI=1S/C24H32N4O3S/c1-17(32(2,30)31)20(15-9-12-18-10-5-3-6-11-18)28-16-25-21-23(28)26-22(27-24(21)29)19-13-7-4-8-14-19/h3,5-6,10-11,16-17,19-20H,4,7-9,12-15H2,1-2H3,(H,26,27,29).